The van der Waals surface area contributed by atoms with Gasteiger partial charge in [0.1, 0.15) is 0 Å². The number of aliphatic carboxylic acids is 1. The predicted molar refractivity (Wildman–Crippen MR) is 90.6 cm³/mol. The Morgan fingerprint density at radius 2 is 1.80 bits per heavy atom. The van der Waals surface area contributed by atoms with Gasteiger partial charge in [0.2, 0.25) is 0 Å². The third kappa shape index (κ3) is 4.73. The summed E-state index contributed by atoms with van der Waals surface area (Å²) in [5.41, 5.74) is 1.99. The molecule has 0 heterocycles. The Labute approximate surface area is 146 Å². The molecular weight excluding hydrogens is 322 g/mol. The highest BCUT2D eigenvalue weighted by Crippen LogP contribution is 2.31. The summed E-state index contributed by atoms with van der Waals surface area (Å²) in [5, 5.41) is 13.9. The Bertz CT molecular complexity index is 772. The molecule has 0 aromatic heterocycles. The van der Waals surface area contributed by atoms with Gasteiger partial charge in [-0.2, -0.15) is 0 Å². The molecule has 0 saturated carbocycles. The molecule has 0 spiro atoms. The molecule has 2 aromatic carbocycles. The molecule has 0 bridgehead atoms. The monoisotopic (exact) mass is 342 g/mol. The van der Waals surface area contributed by atoms with Gasteiger partial charge in [0.15, 0.2) is 11.5 Å². The first kappa shape index (κ1) is 18.3. The van der Waals surface area contributed by atoms with Crippen LogP contribution in [-0.2, 0) is 4.79 Å². The van der Waals surface area contributed by atoms with Crippen LogP contribution in [0, 0.1) is 6.92 Å². The first-order valence-corrected chi connectivity index (χ1v) is 7.74. The molecule has 2 aromatic rings. The first-order chi connectivity index (χ1) is 11.9. The molecule has 0 aliphatic carbocycles. The molecule has 1 N–H and O–H groups in total. The van der Waals surface area contributed by atoms with Gasteiger partial charge in [-0.3, -0.25) is 4.79 Å². The number of rotatable bonds is 7. The Kier molecular flexibility index (Phi) is 6.00. The molecule has 6 heteroatoms. The second-order valence-electron chi connectivity index (χ2n) is 5.59. The van der Waals surface area contributed by atoms with Crippen LogP contribution in [-0.4, -0.2) is 26.1 Å². The lowest BCUT2D eigenvalue weighted by molar-refractivity contribution is -0.306. The average Bonchev–Trinajstić information content (AvgIpc) is 2.60. The number of carboxylic acid groups (broad SMARTS) is 1. The van der Waals surface area contributed by atoms with Crippen LogP contribution in [0.1, 0.15) is 33.9 Å². The molecule has 0 fully saturated rings. The number of ether oxygens (including phenoxy) is 2. The van der Waals surface area contributed by atoms with Crippen molar-refractivity contribution in [3.63, 3.8) is 0 Å². The van der Waals surface area contributed by atoms with Crippen LogP contribution in [0.4, 0.5) is 0 Å². The highest BCUT2D eigenvalue weighted by molar-refractivity contribution is 5.94. The van der Waals surface area contributed by atoms with Crippen LogP contribution in [0.25, 0.3) is 0 Å². The van der Waals surface area contributed by atoms with E-state index in [9.17, 15) is 14.7 Å². The lowest BCUT2D eigenvalue weighted by Gasteiger charge is -2.21. The van der Waals surface area contributed by atoms with E-state index in [1.54, 1.807) is 36.4 Å². The Balaban J connectivity index is 2.30. The van der Waals surface area contributed by atoms with Crippen LogP contribution in [0.3, 0.4) is 0 Å². The summed E-state index contributed by atoms with van der Waals surface area (Å²) in [4.78, 5) is 23.6. The number of carboxylic acids is 1. The van der Waals surface area contributed by atoms with Gasteiger partial charge in [-0.15, -0.1) is 0 Å². The summed E-state index contributed by atoms with van der Waals surface area (Å²) < 4.78 is 10.4. The molecule has 0 saturated heterocycles. The van der Waals surface area contributed by atoms with Crippen LogP contribution >= 0.6 is 0 Å². The molecule has 25 heavy (non-hydrogen) atoms. The fourth-order valence-electron chi connectivity index (χ4n) is 2.52. The van der Waals surface area contributed by atoms with Gasteiger partial charge in [0.25, 0.3) is 5.91 Å². The number of hydrogen-bond acceptors (Lipinski definition) is 5. The number of methoxy groups -OCH3 is 2. The molecular formula is C19H20NO5-. The van der Waals surface area contributed by atoms with Gasteiger partial charge < -0.3 is 24.7 Å². The van der Waals surface area contributed by atoms with Crippen molar-refractivity contribution in [3.05, 3.63) is 59.2 Å². The fourth-order valence-corrected chi connectivity index (χ4v) is 2.52. The zero-order chi connectivity index (χ0) is 18.4. The Hall–Kier alpha value is -3.02. The van der Waals surface area contributed by atoms with Crippen molar-refractivity contribution in [2.75, 3.05) is 14.2 Å². The summed E-state index contributed by atoms with van der Waals surface area (Å²) in [6.07, 6.45) is -0.354. The molecule has 6 nitrogen and oxygen atoms in total. The average molecular weight is 342 g/mol. The summed E-state index contributed by atoms with van der Waals surface area (Å²) in [5.74, 6) is -0.648. The highest BCUT2D eigenvalue weighted by Gasteiger charge is 2.18. The maximum absolute atomic E-state index is 12.5. The number of carbonyl (C=O) groups excluding carboxylic acids is 2. The number of carbonyl (C=O) groups is 2. The van der Waals surface area contributed by atoms with Crippen molar-refractivity contribution in [2.24, 2.45) is 0 Å². The van der Waals surface area contributed by atoms with Crippen molar-refractivity contribution in [1.29, 1.82) is 0 Å². The van der Waals surface area contributed by atoms with E-state index in [1.165, 1.54) is 14.2 Å². The molecule has 0 radical (unpaired) electrons. The largest absolute Gasteiger partial charge is 0.550 e. The smallest absolute Gasteiger partial charge is 0.251 e. The fraction of sp³-hybridized carbons (Fsp3) is 0.263. The Morgan fingerprint density at radius 1 is 1.08 bits per heavy atom. The van der Waals surface area contributed by atoms with Gasteiger partial charge in [-0.25, -0.2) is 0 Å². The van der Waals surface area contributed by atoms with Gasteiger partial charge in [-0.05, 0) is 36.8 Å². The minimum absolute atomic E-state index is 0.354. The van der Waals surface area contributed by atoms with E-state index in [0.717, 1.165) is 5.56 Å². The lowest BCUT2D eigenvalue weighted by Crippen LogP contribution is -2.34. The first-order valence-electron chi connectivity index (χ1n) is 7.74. The zero-order valence-corrected chi connectivity index (χ0v) is 14.4. The number of nitrogens with one attached hydrogen (secondary N) is 1. The molecule has 0 aliphatic rings. The van der Waals surface area contributed by atoms with Gasteiger partial charge in [0, 0.05) is 18.0 Å². The number of aryl methyl sites for hydroxylation is 1. The van der Waals surface area contributed by atoms with Crippen LogP contribution in [0.5, 0.6) is 11.5 Å². The van der Waals surface area contributed by atoms with E-state index in [-0.39, 0.29) is 12.3 Å². The van der Waals surface area contributed by atoms with E-state index in [4.69, 9.17) is 9.47 Å². The molecule has 2 rings (SSSR count). The van der Waals surface area contributed by atoms with E-state index in [1.807, 2.05) is 13.0 Å². The Morgan fingerprint density at radius 3 is 2.40 bits per heavy atom. The second-order valence-corrected chi connectivity index (χ2v) is 5.59. The number of benzene rings is 2. The van der Waals surface area contributed by atoms with E-state index >= 15 is 0 Å². The maximum atomic E-state index is 12.5. The lowest BCUT2D eigenvalue weighted by atomic mass is 10.0. The van der Waals surface area contributed by atoms with Crippen molar-refractivity contribution < 1.29 is 24.2 Å². The standard InChI is InChI=1S/C19H21NO5/c1-12-5-4-6-14(9-12)19(23)20-15(11-18(21)22)13-7-8-16(24-2)17(10-13)25-3/h4-10,15H,11H2,1-3H3,(H,20,23)(H,21,22)/p-1/t15-/m0/s1. The summed E-state index contributed by atoms with van der Waals surface area (Å²) in [7, 11) is 3.00. The molecule has 0 unspecified atom stereocenters. The van der Waals surface area contributed by atoms with Crippen LogP contribution in [0.15, 0.2) is 42.5 Å². The van der Waals surface area contributed by atoms with Crippen molar-refractivity contribution >= 4 is 11.9 Å². The quantitative estimate of drug-likeness (QED) is 0.826. The van der Waals surface area contributed by atoms with Crippen molar-refractivity contribution in [3.8, 4) is 11.5 Å². The normalized spacial score (nSPS) is 11.5. The number of amides is 1. The predicted octanol–water partition coefficient (Wildman–Crippen LogP) is 1.62. The maximum Gasteiger partial charge on any atom is 0.251 e. The molecule has 132 valence electrons. The second kappa shape index (κ2) is 8.19. The van der Waals surface area contributed by atoms with Crippen LogP contribution < -0.4 is 19.9 Å². The van der Waals surface area contributed by atoms with E-state index in [0.29, 0.717) is 22.6 Å². The topological polar surface area (TPSA) is 87.7 Å². The number of hydrogen-bond donors (Lipinski definition) is 1. The SMILES string of the molecule is COc1ccc([C@H](CC(=O)[O-])NC(=O)c2cccc(C)c2)cc1OC. The van der Waals surface area contributed by atoms with E-state index < -0.39 is 12.0 Å². The minimum atomic E-state index is -1.26. The highest BCUT2D eigenvalue weighted by atomic mass is 16.5. The van der Waals surface area contributed by atoms with Crippen molar-refractivity contribution in [1.82, 2.24) is 5.32 Å². The van der Waals surface area contributed by atoms with E-state index in [2.05, 4.69) is 5.32 Å². The van der Waals surface area contributed by atoms with Gasteiger partial charge in [-0.1, -0.05) is 23.8 Å². The minimum Gasteiger partial charge on any atom is -0.550 e. The molecule has 1 amide bonds. The van der Waals surface area contributed by atoms with Crippen LogP contribution in [0.2, 0.25) is 0 Å². The zero-order valence-electron chi connectivity index (χ0n) is 14.4. The molecule has 0 aliphatic heterocycles. The third-order valence-corrected chi connectivity index (χ3v) is 3.77. The summed E-state index contributed by atoms with van der Waals surface area (Å²) >= 11 is 0. The van der Waals surface area contributed by atoms with Crippen molar-refractivity contribution in [2.45, 2.75) is 19.4 Å². The molecule has 1 atom stereocenters. The third-order valence-electron chi connectivity index (χ3n) is 3.77. The summed E-state index contributed by atoms with van der Waals surface area (Å²) in [6, 6.07) is 11.3. The summed E-state index contributed by atoms with van der Waals surface area (Å²) in [6.45, 7) is 1.88. The van der Waals surface area contributed by atoms with Gasteiger partial charge in [0.05, 0.1) is 20.3 Å². The van der Waals surface area contributed by atoms with Gasteiger partial charge >= 0.3 is 0 Å².